The van der Waals surface area contributed by atoms with Crippen LogP contribution in [0.4, 0.5) is 0 Å². The molecule has 0 aliphatic heterocycles. The van der Waals surface area contributed by atoms with Gasteiger partial charge in [-0.15, -0.1) is 0 Å². The number of rotatable bonds is 7. The fourth-order valence-corrected chi connectivity index (χ4v) is 2.43. The Hall–Kier alpha value is -1.86. The number of carbonyl (C=O) groups excluding carboxylic acids is 1. The van der Waals surface area contributed by atoms with Crippen LogP contribution in [0.25, 0.3) is 0 Å². The number of nitriles is 1. The predicted molar refractivity (Wildman–Crippen MR) is 84.2 cm³/mol. The second-order valence-electron chi connectivity index (χ2n) is 6.00. The van der Waals surface area contributed by atoms with Crippen molar-refractivity contribution in [1.82, 2.24) is 4.90 Å². The highest BCUT2D eigenvalue weighted by molar-refractivity contribution is 5.76. The molecule has 1 aromatic carbocycles. The maximum atomic E-state index is 12.3. The smallest absolute Gasteiger partial charge is 0.222 e. The highest BCUT2D eigenvalue weighted by Gasteiger charge is 2.17. The first-order valence-corrected chi connectivity index (χ1v) is 7.39. The van der Waals surface area contributed by atoms with Crippen molar-refractivity contribution in [2.75, 3.05) is 13.6 Å². The van der Waals surface area contributed by atoms with E-state index in [0.717, 1.165) is 12.0 Å². The lowest BCUT2D eigenvalue weighted by Gasteiger charge is -2.22. The van der Waals surface area contributed by atoms with Gasteiger partial charge in [-0.25, -0.2) is 0 Å². The fraction of sp³-hybridized carbons (Fsp3) is 0.529. The Morgan fingerprint density at radius 3 is 2.71 bits per heavy atom. The zero-order chi connectivity index (χ0) is 15.8. The Labute approximate surface area is 127 Å². The molecule has 2 N–H and O–H groups in total. The second-order valence-corrected chi connectivity index (χ2v) is 6.00. The van der Waals surface area contributed by atoms with Gasteiger partial charge in [-0.2, -0.15) is 5.26 Å². The molecule has 0 aromatic heterocycles. The van der Waals surface area contributed by atoms with Gasteiger partial charge in [-0.3, -0.25) is 4.79 Å². The van der Waals surface area contributed by atoms with Crippen LogP contribution in [0.3, 0.4) is 0 Å². The van der Waals surface area contributed by atoms with Crippen LogP contribution in [-0.2, 0) is 11.3 Å². The van der Waals surface area contributed by atoms with Gasteiger partial charge in [0.1, 0.15) is 0 Å². The highest BCUT2D eigenvalue weighted by atomic mass is 16.2. The molecule has 0 saturated heterocycles. The van der Waals surface area contributed by atoms with Gasteiger partial charge in [0.2, 0.25) is 5.91 Å². The summed E-state index contributed by atoms with van der Waals surface area (Å²) >= 11 is 0. The summed E-state index contributed by atoms with van der Waals surface area (Å²) in [5, 5.41) is 8.90. The molecule has 1 amide bonds. The molecule has 1 rings (SSSR count). The number of nitrogens with zero attached hydrogens (tertiary/aromatic N) is 2. The number of nitrogens with two attached hydrogens (primary N) is 1. The molecule has 0 fully saturated rings. The minimum Gasteiger partial charge on any atom is -0.341 e. The van der Waals surface area contributed by atoms with Crippen LogP contribution in [-0.4, -0.2) is 24.4 Å². The van der Waals surface area contributed by atoms with Gasteiger partial charge in [-0.05, 0) is 42.5 Å². The number of amides is 1. The van der Waals surface area contributed by atoms with Gasteiger partial charge in [0.05, 0.1) is 11.6 Å². The SMILES string of the molecule is CC(C)CC(CN)CC(=O)N(C)Cc1cccc(C#N)c1. The molecule has 1 atom stereocenters. The number of benzene rings is 1. The Morgan fingerprint density at radius 2 is 2.14 bits per heavy atom. The first-order valence-electron chi connectivity index (χ1n) is 7.39. The number of carbonyl (C=O) groups is 1. The lowest BCUT2D eigenvalue weighted by molar-refractivity contribution is -0.131. The van der Waals surface area contributed by atoms with Crippen LogP contribution in [0, 0.1) is 23.2 Å². The Bertz CT molecular complexity index is 505. The quantitative estimate of drug-likeness (QED) is 0.837. The third-order valence-corrected chi connectivity index (χ3v) is 3.50. The lowest BCUT2D eigenvalue weighted by Crippen LogP contribution is -2.30. The van der Waals surface area contributed by atoms with E-state index in [2.05, 4.69) is 19.9 Å². The second kappa shape index (κ2) is 8.43. The summed E-state index contributed by atoms with van der Waals surface area (Å²) in [5.41, 5.74) is 7.34. The summed E-state index contributed by atoms with van der Waals surface area (Å²) in [6.45, 7) is 5.35. The maximum absolute atomic E-state index is 12.3. The average Bonchev–Trinajstić information content (AvgIpc) is 2.46. The standard InChI is InChI=1S/C17H25N3O/c1-13(2)7-16(11-19)9-17(21)20(3)12-15-6-4-5-14(8-15)10-18/h4-6,8,13,16H,7,9,11-12,19H2,1-3H3. The van der Waals surface area contributed by atoms with Crippen LogP contribution in [0.5, 0.6) is 0 Å². The largest absolute Gasteiger partial charge is 0.341 e. The molecule has 0 radical (unpaired) electrons. The van der Waals surface area contributed by atoms with Crippen molar-refractivity contribution in [2.24, 2.45) is 17.6 Å². The van der Waals surface area contributed by atoms with Crippen molar-refractivity contribution in [1.29, 1.82) is 5.26 Å². The molecule has 1 aromatic rings. The van der Waals surface area contributed by atoms with E-state index in [1.165, 1.54) is 0 Å². The monoisotopic (exact) mass is 287 g/mol. The molecule has 0 heterocycles. The Morgan fingerprint density at radius 1 is 1.43 bits per heavy atom. The van der Waals surface area contributed by atoms with Gasteiger partial charge < -0.3 is 10.6 Å². The molecule has 0 aliphatic rings. The first-order chi connectivity index (χ1) is 9.96. The molecule has 1 unspecified atom stereocenters. The van der Waals surface area contributed by atoms with E-state index in [1.54, 1.807) is 18.0 Å². The van der Waals surface area contributed by atoms with Crippen molar-refractivity contribution in [3.05, 3.63) is 35.4 Å². The van der Waals surface area contributed by atoms with Crippen molar-refractivity contribution in [3.8, 4) is 6.07 Å². The average molecular weight is 287 g/mol. The van der Waals surface area contributed by atoms with Crippen molar-refractivity contribution in [2.45, 2.75) is 33.2 Å². The summed E-state index contributed by atoms with van der Waals surface area (Å²) in [4.78, 5) is 14.0. The summed E-state index contributed by atoms with van der Waals surface area (Å²) in [5.74, 6) is 0.891. The molecular weight excluding hydrogens is 262 g/mol. The van der Waals surface area contributed by atoms with E-state index < -0.39 is 0 Å². The molecule has 0 spiro atoms. The fourth-order valence-electron chi connectivity index (χ4n) is 2.43. The lowest BCUT2D eigenvalue weighted by atomic mass is 9.94. The van der Waals surface area contributed by atoms with E-state index in [0.29, 0.717) is 31.0 Å². The summed E-state index contributed by atoms with van der Waals surface area (Å²) < 4.78 is 0. The van der Waals surface area contributed by atoms with Crippen LogP contribution >= 0.6 is 0 Å². The van der Waals surface area contributed by atoms with E-state index in [4.69, 9.17) is 11.0 Å². The van der Waals surface area contributed by atoms with Crippen LogP contribution in [0.1, 0.15) is 37.8 Å². The van der Waals surface area contributed by atoms with Crippen molar-refractivity contribution in [3.63, 3.8) is 0 Å². The minimum absolute atomic E-state index is 0.105. The van der Waals surface area contributed by atoms with Gasteiger partial charge >= 0.3 is 0 Å². The van der Waals surface area contributed by atoms with Gasteiger partial charge in [0.15, 0.2) is 0 Å². The Balaban J connectivity index is 2.59. The van der Waals surface area contributed by atoms with Gasteiger partial charge in [0, 0.05) is 20.0 Å². The minimum atomic E-state index is 0.105. The molecule has 21 heavy (non-hydrogen) atoms. The topological polar surface area (TPSA) is 70.1 Å². The van der Waals surface area contributed by atoms with Crippen molar-refractivity contribution >= 4 is 5.91 Å². The molecule has 0 aliphatic carbocycles. The summed E-state index contributed by atoms with van der Waals surface area (Å²) in [6, 6.07) is 9.46. The third-order valence-electron chi connectivity index (χ3n) is 3.50. The maximum Gasteiger partial charge on any atom is 0.222 e. The zero-order valence-corrected chi connectivity index (χ0v) is 13.2. The molecule has 4 nitrogen and oxygen atoms in total. The molecule has 0 saturated carbocycles. The van der Waals surface area contributed by atoms with E-state index in [-0.39, 0.29) is 11.8 Å². The molecule has 0 bridgehead atoms. The van der Waals surface area contributed by atoms with Gasteiger partial charge in [0.25, 0.3) is 0 Å². The van der Waals surface area contributed by atoms with Crippen LogP contribution < -0.4 is 5.73 Å². The predicted octanol–water partition coefficient (Wildman–Crippen LogP) is 2.53. The molecule has 4 heteroatoms. The first kappa shape index (κ1) is 17.2. The number of hydrogen-bond acceptors (Lipinski definition) is 3. The van der Waals surface area contributed by atoms with E-state index in [1.807, 2.05) is 18.2 Å². The van der Waals surface area contributed by atoms with Crippen LogP contribution in [0.2, 0.25) is 0 Å². The zero-order valence-electron chi connectivity index (χ0n) is 13.2. The summed E-state index contributed by atoms with van der Waals surface area (Å²) in [6.07, 6.45) is 1.46. The summed E-state index contributed by atoms with van der Waals surface area (Å²) in [7, 11) is 1.80. The van der Waals surface area contributed by atoms with E-state index in [9.17, 15) is 4.79 Å². The molecular formula is C17H25N3O. The number of hydrogen-bond donors (Lipinski definition) is 1. The van der Waals surface area contributed by atoms with E-state index >= 15 is 0 Å². The van der Waals surface area contributed by atoms with Crippen LogP contribution in [0.15, 0.2) is 24.3 Å². The molecule has 114 valence electrons. The third kappa shape index (κ3) is 5.97. The van der Waals surface area contributed by atoms with Gasteiger partial charge in [-0.1, -0.05) is 26.0 Å². The highest BCUT2D eigenvalue weighted by Crippen LogP contribution is 2.16. The normalized spacial score (nSPS) is 12.0. The Kier molecular flexibility index (Phi) is 6.90. The van der Waals surface area contributed by atoms with Crippen molar-refractivity contribution < 1.29 is 4.79 Å².